The molecule has 2 bridgehead atoms. The summed E-state index contributed by atoms with van der Waals surface area (Å²) in [6.45, 7) is 7.70. The van der Waals surface area contributed by atoms with Crippen LogP contribution >= 0.6 is 0 Å². The summed E-state index contributed by atoms with van der Waals surface area (Å²) in [6.07, 6.45) is -2.73. The highest BCUT2D eigenvalue weighted by Crippen LogP contribution is 2.37. The molecule has 0 saturated carbocycles. The van der Waals surface area contributed by atoms with Crippen molar-refractivity contribution in [3.8, 4) is 5.75 Å². The SMILES string of the molecule is CCCC(C)(C)CC1C(=O)N[C@@H]([C@@H](C)[C@@H](O)CO)C(=O)N[C@H]2Cc3c([nH]c4cc(O)ccc34)S(=O)C[C@H](NC(=O)CNC(=O)[C@H]([C@@H](C)CC)NC(=O)CNC2=O)C(=O)N[C@@H](CC(N)=O)C(=O)N2C[C@H](O)C[C@@H]12. The van der Waals surface area contributed by atoms with E-state index < -0.39 is 174 Å². The molecule has 398 valence electrons. The number of H-pyrrole nitrogens is 1. The topological polar surface area (TPSA) is 381 Å². The van der Waals surface area contributed by atoms with Crippen molar-refractivity contribution in [1.29, 1.82) is 0 Å². The van der Waals surface area contributed by atoms with Crippen LogP contribution in [0.3, 0.4) is 0 Å². The molecule has 3 aliphatic rings. The minimum Gasteiger partial charge on any atom is -0.508 e. The van der Waals surface area contributed by atoms with Gasteiger partial charge in [0.05, 0.1) is 66.3 Å². The number of carbonyl (C=O) groups excluding carboxylic acids is 9. The third-order valence-corrected chi connectivity index (χ3v) is 15.2. The van der Waals surface area contributed by atoms with Gasteiger partial charge in [-0.05, 0) is 48.3 Å². The summed E-state index contributed by atoms with van der Waals surface area (Å²) in [6, 6.07) is -5.44. The first kappa shape index (κ1) is 56.7. The molecular formula is C47H70N10O14S. The van der Waals surface area contributed by atoms with Gasteiger partial charge >= 0.3 is 0 Å². The fourth-order valence-electron chi connectivity index (χ4n) is 9.66. The largest absolute Gasteiger partial charge is 0.508 e. The molecule has 4 heterocycles. The molecule has 1 saturated heterocycles. The van der Waals surface area contributed by atoms with Gasteiger partial charge in [0.2, 0.25) is 53.2 Å². The highest BCUT2D eigenvalue weighted by Gasteiger charge is 2.47. The van der Waals surface area contributed by atoms with Crippen molar-refractivity contribution < 1.29 is 67.8 Å². The number of rotatable bonds is 11. The van der Waals surface area contributed by atoms with Crippen molar-refractivity contribution in [2.24, 2.45) is 28.9 Å². The van der Waals surface area contributed by atoms with Crippen molar-refractivity contribution in [1.82, 2.24) is 47.1 Å². The Morgan fingerprint density at radius 3 is 2.18 bits per heavy atom. The lowest BCUT2D eigenvalue weighted by atomic mass is 9.75. The molecule has 1 aromatic heterocycles. The van der Waals surface area contributed by atoms with Crippen LogP contribution in [0.5, 0.6) is 5.75 Å². The van der Waals surface area contributed by atoms with Gasteiger partial charge in [0.25, 0.3) is 0 Å². The van der Waals surface area contributed by atoms with Gasteiger partial charge in [-0.2, -0.15) is 0 Å². The molecule has 1 aromatic carbocycles. The molecule has 14 N–H and O–H groups in total. The first-order valence-corrected chi connectivity index (χ1v) is 25.5. The van der Waals surface area contributed by atoms with E-state index in [4.69, 9.17) is 5.73 Å². The summed E-state index contributed by atoms with van der Waals surface area (Å²) >= 11 is 0. The monoisotopic (exact) mass is 1030 g/mol. The maximum atomic E-state index is 15.0. The normalized spacial score (nSPS) is 28.1. The Hall–Kier alpha value is -6.18. The maximum Gasteiger partial charge on any atom is 0.246 e. The van der Waals surface area contributed by atoms with Crippen LogP contribution in [0, 0.1) is 23.2 Å². The van der Waals surface area contributed by atoms with Crippen molar-refractivity contribution in [3.63, 3.8) is 0 Å². The molecular weight excluding hydrogens is 961 g/mol. The number of hydrogen-bond donors (Lipinski definition) is 13. The van der Waals surface area contributed by atoms with Crippen molar-refractivity contribution >= 4 is 74.9 Å². The number of amides is 9. The number of primary amides is 1. The number of carbonyl (C=O) groups is 9. The highest BCUT2D eigenvalue weighted by molar-refractivity contribution is 7.85. The molecule has 0 spiro atoms. The highest BCUT2D eigenvalue weighted by atomic mass is 32.2. The minimum absolute atomic E-state index is 0.0479. The van der Waals surface area contributed by atoms with Crippen molar-refractivity contribution in [2.45, 2.75) is 140 Å². The van der Waals surface area contributed by atoms with Crippen LogP contribution in [0.4, 0.5) is 0 Å². The van der Waals surface area contributed by atoms with Gasteiger partial charge in [-0.3, -0.25) is 47.4 Å². The smallest absolute Gasteiger partial charge is 0.246 e. The second-order valence-electron chi connectivity index (χ2n) is 19.9. The average molecular weight is 1030 g/mol. The minimum atomic E-state index is -2.40. The summed E-state index contributed by atoms with van der Waals surface area (Å²) in [5.41, 5.74) is 5.28. The van der Waals surface area contributed by atoms with Crippen molar-refractivity contribution in [3.05, 3.63) is 23.8 Å². The van der Waals surface area contributed by atoms with Gasteiger partial charge < -0.3 is 73.3 Å². The van der Waals surface area contributed by atoms with Crippen molar-refractivity contribution in [2.75, 3.05) is 32.0 Å². The first-order chi connectivity index (χ1) is 33.9. The van der Waals surface area contributed by atoms with Gasteiger partial charge in [-0.15, -0.1) is 0 Å². The number of nitrogens with zero attached hydrogens (tertiary/aromatic N) is 1. The molecule has 72 heavy (non-hydrogen) atoms. The summed E-state index contributed by atoms with van der Waals surface area (Å²) in [4.78, 5) is 131. The molecule has 1 fully saturated rings. The van der Waals surface area contributed by atoms with Gasteiger partial charge in [-0.25, -0.2) is 0 Å². The van der Waals surface area contributed by atoms with Gasteiger partial charge in [0, 0.05) is 36.4 Å². The third-order valence-electron chi connectivity index (χ3n) is 13.8. The number of phenols is 1. The van der Waals surface area contributed by atoms with Crippen LogP contribution in [0.25, 0.3) is 10.9 Å². The molecule has 2 aromatic rings. The van der Waals surface area contributed by atoms with Crippen LogP contribution < -0.4 is 43.0 Å². The number of benzene rings is 1. The zero-order valence-corrected chi connectivity index (χ0v) is 42.2. The Balaban J connectivity index is 1.79. The number of aliphatic hydroxyl groups is 3. The van der Waals surface area contributed by atoms with E-state index in [-0.39, 0.29) is 46.6 Å². The van der Waals surface area contributed by atoms with E-state index in [0.29, 0.717) is 19.3 Å². The first-order valence-electron chi connectivity index (χ1n) is 24.2. The van der Waals surface area contributed by atoms with Crippen LogP contribution in [0.2, 0.25) is 0 Å². The second kappa shape index (κ2) is 24.5. The van der Waals surface area contributed by atoms with Gasteiger partial charge in [0.15, 0.2) is 0 Å². The second-order valence-corrected chi connectivity index (χ2v) is 21.4. The Kier molecular flexibility index (Phi) is 19.3. The zero-order chi connectivity index (χ0) is 53.4. The quantitative estimate of drug-likeness (QED) is 0.106. The maximum absolute atomic E-state index is 15.0. The molecule has 0 radical (unpaired) electrons. The molecule has 25 heteroatoms. The van der Waals surface area contributed by atoms with Crippen LogP contribution in [0.1, 0.15) is 85.6 Å². The number of aromatic hydroxyl groups is 1. The van der Waals surface area contributed by atoms with E-state index in [2.05, 4.69) is 42.2 Å². The van der Waals surface area contributed by atoms with E-state index in [1.807, 2.05) is 20.8 Å². The molecule has 2 unspecified atom stereocenters. The average Bonchev–Trinajstić information content (AvgIpc) is 3.89. The van der Waals surface area contributed by atoms with E-state index in [1.54, 1.807) is 13.8 Å². The van der Waals surface area contributed by atoms with E-state index in [1.165, 1.54) is 25.1 Å². The Bertz CT molecular complexity index is 2410. The molecule has 24 nitrogen and oxygen atoms in total. The lowest BCUT2D eigenvalue weighted by Gasteiger charge is -2.38. The summed E-state index contributed by atoms with van der Waals surface area (Å²) in [7, 11) is -2.40. The van der Waals surface area contributed by atoms with Crippen LogP contribution in [-0.2, 0) is 60.4 Å². The number of fused-ring (bicyclic) bond motifs is 5. The Morgan fingerprint density at radius 1 is 0.875 bits per heavy atom. The number of nitrogens with one attached hydrogen (secondary N) is 8. The van der Waals surface area contributed by atoms with Gasteiger partial charge in [0.1, 0.15) is 41.0 Å². The van der Waals surface area contributed by atoms with E-state index in [9.17, 15) is 63.0 Å². The van der Waals surface area contributed by atoms with Gasteiger partial charge in [-0.1, -0.05) is 54.4 Å². The number of aromatic nitrogens is 1. The van der Waals surface area contributed by atoms with E-state index >= 15 is 4.79 Å². The van der Waals surface area contributed by atoms with Crippen LogP contribution in [-0.4, -0.2) is 168 Å². The number of aliphatic hydroxyl groups excluding tert-OH is 3. The number of phenolic OH excluding ortho intramolecular Hbond substituents is 1. The zero-order valence-electron chi connectivity index (χ0n) is 41.4. The fourth-order valence-corrected chi connectivity index (χ4v) is 11.1. The third kappa shape index (κ3) is 14.1. The predicted octanol–water partition coefficient (Wildman–Crippen LogP) is -3.09. The Morgan fingerprint density at radius 2 is 1.54 bits per heavy atom. The number of nitrogens with two attached hydrogens (primary N) is 1. The predicted molar refractivity (Wildman–Crippen MR) is 259 cm³/mol. The lowest BCUT2D eigenvalue weighted by molar-refractivity contribution is -0.143. The molecule has 9 amide bonds. The molecule has 3 aliphatic heterocycles. The number of aromatic amines is 1. The standard InChI is InChI=1S/C47H70N10O14S/c1-7-11-47(5,6)16-28-33-13-25(60)19-57(33)46(70)31(15-35(48)62)53-42(67)32-21-72(71)45-27(26-10-9-24(59)12-29(26)54-45)14-30(52-44(69)39(56-40(28)65)23(4)34(61)20-58)41(66)49-18-37(64)55-38(22(3)8-2)43(68)50-17-36(63)51-32/h9-10,12,22-23,25,28,30-34,38-39,54,58-61H,7-8,11,13-21H2,1-6H3,(H2,48,62)(H,49,66)(H,50,68)(H,51,63)(H,52,69)(H,53,67)(H,55,64)(H,56,65)/t22-,23-,25+,28?,30-,31-,32-,33-,34-,38-,39-,72?/m0/s1. The molecule has 5 rings (SSSR count). The Labute approximate surface area is 418 Å². The number of hydrogen-bond acceptors (Lipinski definition) is 14. The lowest BCUT2D eigenvalue weighted by Crippen LogP contribution is -2.61. The molecule has 0 aliphatic carbocycles. The van der Waals surface area contributed by atoms with E-state index in [0.717, 1.165) is 4.90 Å². The van der Waals surface area contributed by atoms with Crippen LogP contribution in [0.15, 0.2) is 23.2 Å². The fraction of sp³-hybridized carbons (Fsp3) is 0.638. The summed E-state index contributed by atoms with van der Waals surface area (Å²) in [5.74, 6) is -12.7. The molecule has 12 atom stereocenters. The summed E-state index contributed by atoms with van der Waals surface area (Å²) in [5, 5.41) is 60.7. The summed E-state index contributed by atoms with van der Waals surface area (Å²) < 4.78 is 14.8.